The molecule has 0 N–H and O–H groups in total. The maximum Gasteiger partial charge on any atom is 0.135 e. The number of furan rings is 1. The van der Waals surface area contributed by atoms with Crippen molar-refractivity contribution in [2.45, 2.75) is 11.3 Å². The summed E-state index contributed by atoms with van der Waals surface area (Å²) in [6, 6.07) is 78.1. The Labute approximate surface area is 371 Å². The summed E-state index contributed by atoms with van der Waals surface area (Å²) in [5, 5.41) is 4.74. The fraction of sp³-hybridized carbons (Fsp3) is 0.0492. The summed E-state index contributed by atoms with van der Waals surface area (Å²) >= 11 is 0. The van der Waals surface area contributed by atoms with Gasteiger partial charge in [-0.1, -0.05) is 164 Å². The zero-order valence-electron chi connectivity index (χ0n) is 34.9. The van der Waals surface area contributed by atoms with Crippen LogP contribution in [0, 0.1) is 5.92 Å². The minimum atomic E-state index is -0.331. The number of hydrogen-bond donors (Lipinski definition) is 0. The van der Waals surface area contributed by atoms with Crippen molar-refractivity contribution in [2.24, 2.45) is 5.92 Å². The zero-order chi connectivity index (χ0) is 41.9. The van der Waals surface area contributed by atoms with E-state index in [1.54, 1.807) is 0 Å². The second-order valence-corrected chi connectivity index (χ2v) is 17.5. The van der Waals surface area contributed by atoms with Gasteiger partial charge in [-0.25, -0.2) is 0 Å². The molecular weight excluding hydrogens is 777 g/mol. The fourth-order valence-corrected chi connectivity index (χ4v) is 12.1. The lowest BCUT2D eigenvalue weighted by Gasteiger charge is -2.40. The Morgan fingerprint density at radius 1 is 0.469 bits per heavy atom. The molecule has 2 atom stereocenters. The molecule has 3 aliphatic rings. The second kappa shape index (κ2) is 13.4. The predicted molar refractivity (Wildman–Crippen MR) is 264 cm³/mol. The Morgan fingerprint density at radius 2 is 1.09 bits per heavy atom. The van der Waals surface area contributed by atoms with Gasteiger partial charge in [-0.15, -0.1) is 0 Å². The van der Waals surface area contributed by atoms with E-state index < -0.39 is 0 Å². The normalized spacial score (nSPS) is 16.6. The van der Waals surface area contributed by atoms with Gasteiger partial charge in [-0.05, 0) is 111 Å². The summed E-state index contributed by atoms with van der Waals surface area (Å²) in [4.78, 5) is 2.52. The zero-order valence-corrected chi connectivity index (χ0v) is 34.9. The largest absolute Gasteiger partial charge is 0.456 e. The van der Waals surface area contributed by atoms with Crippen LogP contribution in [0.25, 0.3) is 71.7 Å². The van der Waals surface area contributed by atoms with E-state index in [1.165, 1.54) is 72.0 Å². The van der Waals surface area contributed by atoms with Gasteiger partial charge >= 0.3 is 0 Å². The van der Waals surface area contributed by atoms with Crippen LogP contribution in [0.15, 0.2) is 241 Å². The van der Waals surface area contributed by atoms with Crippen molar-refractivity contribution in [1.29, 1.82) is 0 Å². The van der Waals surface area contributed by atoms with E-state index in [0.29, 0.717) is 0 Å². The molecule has 0 fully saturated rings. The molecule has 300 valence electrons. The summed E-state index contributed by atoms with van der Waals surface area (Å²) in [6.07, 6.45) is 7.19. The fourth-order valence-electron chi connectivity index (χ4n) is 12.1. The van der Waals surface area contributed by atoms with Crippen LogP contribution in [0.5, 0.6) is 0 Å². The summed E-state index contributed by atoms with van der Waals surface area (Å²) in [5.41, 5.74) is 19.1. The number of rotatable bonds is 5. The average molecular weight is 817 g/mol. The van der Waals surface area contributed by atoms with Gasteiger partial charge in [-0.3, -0.25) is 0 Å². The highest BCUT2D eigenvalue weighted by molar-refractivity contribution is 6.16. The monoisotopic (exact) mass is 816 g/mol. The van der Waals surface area contributed by atoms with E-state index in [4.69, 9.17) is 4.42 Å². The summed E-state index contributed by atoms with van der Waals surface area (Å²) in [6.45, 7) is 0. The van der Waals surface area contributed by atoms with Crippen LogP contribution in [-0.2, 0) is 5.41 Å². The van der Waals surface area contributed by atoms with Crippen molar-refractivity contribution in [2.75, 3.05) is 4.90 Å². The first-order valence-corrected chi connectivity index (χ1v) is 22.3. The molecular formula is C61H40N2O. The number of nitrogens with zero attached hydrogens (tertiary/aromatic N) is 2. The number of hydrogen-bond acceptors (Lipinski definition) is 2. The number of benzene rings is 9. The molecule has 9 aromatic carbocycles. The average Bonchev–Trinajstić information content (AvgIpc) is 4.09. The summed E-state index contributed by atoms with van der Waals surface area (Å²) in [5.74, 6) is 0.226. The Bertz CT molecular complexity index is 3710. The molecule has 0 saturated heterocycles. The highest BCUT2D eigenvalue weighted by atomic mass is 16.3. The molecule has 2 aromatic heterocycles. The quantitative estimate of drug-likeness (QED) is 0.173. The lowest BCUT2D eigenvalue weighted by atomic mass is 9.65. The Morgan fingerprint density at radius 3 is 1.91 bits per heavy atom. The first-order chi connectivity index (χ1) is 31.8. The van der Waals surface area contributed by atoms with Crippen LogP contribution >= 0.6 is 0 Å². The van der Waals surface area contributed by atoms with Gasteiger partial charge in [0, 0.05) is 56.1 Å². The van der Waals surface area contributed by atoms with E-state index in [0.717, 1.165) is 39.0 Å². The molecule has 0 radical (unpaired) electrons. The number of fused-ring (bicyclic) bond motifs is 16. The SMILES string of the molecule is C1=CC2C(C(N(c3ccc(-c4cccc5c4c4ccccc4n5-c4ccccc4)cc3)c3ccc4oc5ccccc5c4c3)=C1)c1ccccc1C21c2ccccc2-c2ccccc21. The molecule has 0 amide bonds. The van der Waals surface area contributed by atoms with Gasteiger partial charge in [-0.2, -0.15) is 0 Å². The second-order valence-electron chi connectivity index (χ2n) is 17.5. The number of anilines is 2. The van der Waals surface area contributed by atoms with Crippen LogP contribution in [0.2, 0.25) is 0 Å². The molecule has 3 nitrogen and oxygen atoms in total. The molecule has 3 heteroatoms. The van der Waals surface area contributed by atoms with Gasteiger partial charge in [0.25, 0.3) is 0 Å². The summed E-state index contributed by atoms with van der Waals surface area (Å²) in [7, 11) is 0. The number of aromatic nitrogens is 1. The van der Waals surface area contributed by atoms with Crippen LogP contribution in [0.1, 0.15) is 28.2 Å². The maximum absolute atomic E-state index is 6.40. The van der Waals surface area contributed by atoms with Gasteiger partial charge in [0.2, 0.25) is 0 Å². The van der Waals surface area contributed by atoms with Gasteiger partial charge in [0.1, 0.15) is 11.2 Å². The summed E-state index contributed by atoms with van der Waals surface area (Å²) < 4.78 is 8.79. The molecule has 2 heterocycles. The highest BCUT2D eigenvalue weighted by Crippen LogP contribution is 2.67. The van der Waals surface area contributed by atoms with Crippen molar-refractivity contribution < 1.29 is 4.42 Å². The topological polar surface area (TPSA) is 21.3 Å². The number of para-hydroxylation sites is 3. The molecule has 64 heavy (non-hydrogen) atoms. The van der Waals surface area contributed by atoms with Gasteiger partial charge in [0.05, 0.1) is 16.4 Å². The van der Waals surface area contributed by atoms with Crippen LogP contribution in [-0.4, -0.2) is 4.57 Å². The lowest BCUT2D eigenvalue weighted by Crippen LogP contribution is -2.35. The van der Waals surface area contributed by atoms with E-state index >= 15 is 0 Å². The molecule has 1 spiro atoms. The molecule has 0 saturated carbocycles. The van der Waals surface area contributed by atoms with Crippen molar-refractivity contribution in [3.63, 3.8) is 0 Å². The van der Waals surface area contributed by atoms with Crippen LogP contribution in [0.4, 0.5) is 11.4 Å². The lowest BCUT2D eigenvalue weighted by molar-refractivity contribution is 0.451. The van der Waals surface area contributed by atoms with Gasteiger partial charge in [0.15, 0.2) is 0 Å². The number of allylic oxidation sites excluding steroid dienone is 4. The minimum Gasteiger partial charge on any atom is -0.456 e. The van der Waals surface area contributed by atoms with Crippen LogP contribution in [0.3, 0.4) is 0 Å². The first kappa shape index (κ1) is 35.5. The van der Waals surface area contributed by atoms with Gasteiger partial charge < -0.3 is 13.9 Å². The predicted octanol–water partition coefficient (Wildman–Crippen LogP) is 15.7. The standard InChI is InChI=1S/C61H40N2O/c1-2-16-40(17-3-1)63-54-28-12-7-22-48(54)59-43(23-14-29-55(59)63)39-32-34-41(35-33-39)62(42-36-37-58-49(38-42)46-20-8-13-31-57(46)64-58)56-30-15-27-53-60(56)47-21-6-11-26-52(47)61(53)50-24-9-4-18-44(50)45-19-5-10-25-51(45)61/h1-38,53,60H. The molecule has 0 bridgehead atoms. The van der Waals surface area contributed by atoms with E-state index in [1.807, 2.05) is 6.07 Å². The van der Waals surface area contributed by atoms with Crippen LogP contribution < -0.4 is 4.90 Å². The Hall–Kier alpha value is -8.14. The van der Waals surface area contributed by atoms with Crippen molar-refractivity contribution in [1.82, 2.24) is 4.57 Å². The van der Waals surface area contributed by atoms with Crippen molar-refractivity contribution >= 4 is 55.1 Å². The highest BCUT2D eigenvalue weighted by Gasteiger charge is 2.58. The smallest absolute Gasteiger partial charge is 0.135 e. The molecule has 2 unspecified atom stereocenters. The molecule has 14 rings (SSSR count). The Balaban J connectivity index is 0.967. The molecule has 0 aliphatic heterocycles. The van der Waals surface area contributed by atoms with E-state index in [9.17, 15) is 0 Å². The third-order valence-electron chi connectivity index (χ3n) is 14.5. The van der Waals surface area contributed by atoms with E-state index in [2.05, 4.69) is 234 Å². The molecule has 3 aliphatic carbocycles. The minimum absolute atomic E-state index is 0.0785. The van der Waals surface area contributed by atoms with Crippen molar-refractivity contribution in [3.8, 4) is 27.9 Å². The first-order valence-electron chi connectivity index (χ1n) is 22.3. The third kappa shape index (κ3) is 4.76. The van der Waals surface area contributed by atoms with Crippen molar-refractivity contribution in [3.05, 3.63) is 259 Å². The maximum atomic E-state index is 6.40. The molecule has 11 aromatic rings. The van der Waals surface area contributed by atoms with E-state index in [-0.39, 0.29) is 17.3 Å². The Kier molecular flexibility index (Phi) is 7.44. The third-order valence-corrected chi connectivity index (χ3v) is 14.5.